The topological polar surface area (TPSA) is 51.2 Å². The molecular formula is C20H14N2O2S2. The van der Waals surface area contributed by atoms with Crippen LogP contribution in [0.3, 0.4) is 0 Å². The molecule has 1 N–H and O–H groups in total. The van der Waals surface area contributed by atoms with E-state index in [1.165, 1.54) is 11.8 Å². The van der Waals surface area contributed by atoms with Crippen molar-refractivity contribution in [3.63, 3.8) is 0 Å². The van der Waals surface area contributed by atoms with Gasteiger partial charge in [-0.25, -0.2) is 4.98 Å². The molecule has 1 aliphatic rings. The standard InChI is InChI=1S/C20H14N2O2S2/c1-24-17-9-6-12(11-18-19(23)22-20(25)26-18)10-14(17)16-8-7-13-4-2-3-5-15(13)21-16/h2-11H,1H3,(H,22,23,25). The molecule has 0 radical (unpaired) electrons. The van der Waals surface area contributed by atoms with E-state index in [0.717, 1.165) is 33.5 Å². The average Bonchev–Trinajstić information content (AvgIpc) is 2.98. The van der Waals surface area contributed by atoms with Crippen LogP contribution in [0.25, 0.3) is 28.2 Å². The van der Waals surface area contributed by atoms with Gasteiger partial charge in [-0.2, -0.15) is 0 Å². The first-order valence-electron chi connectivity index (χ1n) is 7.93. The number of fused-ring (bicyclic) bond motifs is 1. The predicted molar refractivity (Wildman–Crippen MR) is 110 cm³/mol. The zero-order valence-electron chi connectivity index (χ0n) is 13.9. The highest BCUT2D eigenvalue weighted by atomic mass is 32.2. The van der Waals surface area contributed by atoms with E-state index in [0.29, 0.717) is 9.23 Å². The molecule has 1 fully saturated rings. The van der Waals surface area contributed by atoms with Gasteiger partial charge >= 0.3 is 0 Å². The number of carbonyl (C=O) groups excluding carboxylic acids is 1. The SMILES string of the molecule is COc1ccc(C=C2SC(=S)NC2=O)cc1-c1ccc2ccccc2n1. The van der Waals surface area contributed by atoms with Gasteiger partial charge in [0, 0.05) is 10.9 Å². The quantitative estimate of drug-likeness (QED) is 0.541. The van der Waals surface area contributed by atoms with Crippen molar-refractivity contribution in [3.8, 4) is 17.0 Å². The molecule has 0 saturated carbocycles. The molecule has 2 heterocycles. The molecule has 0 unspecified atom stereocenters. The smallest absolute Gasteiger partial charge is 0.263 e. The lowest BCUT2D eigenvalue weighted by atomic mass is 10.0. The molecule has 0 spiro atoms. The third-order valence-electron chi connectivity index (χ3n) is 4.04. The minimum Gasteiger partial charge on any atom is -0.496 e. The second-order valence-electron chi connectivity index (χ2n) is 5.70. The number of carbonyl (C=O) groups is 1. The Morgan fingerprint density at radius 1 is 1.15 bits per heavy atom. The summed E-state index contributed by atoms with van der Waals surface area (Å²) in [7, 11) is 1.64. The van der Waals surface area contributed by atoms with Gasteiger partial charge in [0.1, 0.15) is 10.1 Å². The van der Waals surface area contributed by atoms with Crippen LogP contribution in [0.5, 0.6) is 5.75 Å². The van der Waals surface area contributed by atoms with Crippen molar-refractivity contribution < 1.29 is 9.53 Å². The van der Waals surface area contributed by atoms with E-state index in [2.05, 4.69) is 5.32 Å². The fraction of sp³-hybridized carbons (Fsp3) is 0.0500. The van der Waals surface area contributed by atoms with Gasteiger partial charge in [0.25, 0.3) is 5.91 Å². The molecule has 3 aromatic rings. The predicted octanol–water partition coefficient (Wildman–Crippen LogP) is 4.40. The summed E-state index contributed by atoms with van der Waals surface area (Å²) >= 11 is 6.30. The van der Waals surface area contributed by atoms with Crippen LogP contribution in [0, 0.1) is 0 Å². The number of thiocarbonyl (C=S) groups is 1. The largest absolute Gasteiger partial charge is 0.496 e. The Labute approximate surface area is 160 Å². The van der Waals surface area contributed by atoms with E-state index in [1.807, 2.05) is 60.7 Å². The number of hydrogen-bond donors (Lipinski definition) is 1. The monoisotopic (exact) mass is 378 g/mol. The van der Waals surface area contributed by atoms with Gasteiger partial charge in [0.15, 0.2) is 0 Å². The number of methoxy groups -OCH3 is 1. The molecule has 0 aliphatic carbocycles. The van der Waals surface area contributed by atoms with Crippen molar-refractivity contribution >= 4 is 51.2 Å². The van der Waals surface area contributed by atoms with E-state index < -0.39 is 0 Å². The summed E-state index contributed by atoms with van der Waals surface area (Å²) in [5.74, 6) is 0.565. The molecule has 1 amide bonds. The normalized spacial score (nSPS) is 15.5. The number of para-hydroxylation sites is 1. The molecule has 2 aromatic carbocycles. The van der Waals surface area contributed by atoms with Crippen LogP contribution in [-0.4, -0.2) is 22.3 Å². The number of nitrogens with zero attached hydrogens (tertiary/aromatic N) is 1. The number of amides is 1. The zero-order chi connectivity index (χ0) is 18.1. The Morgan fingerprint density at radius 3 is 2.77 bits per heavy atom. The summed E-state index contributed by atoms with van der Waals surface area (Å²) in [6, 6.07) is 17.8. The Kier molecular flexibility index (Phi) is 4.44. The van der Waals surface area contributed by atoms with Crippen LogP contribution in [0.15, 0.2) is 59.5 Å². The highest BCUT2D eigenvalue weighted by Gasteiger charge is 2.22. The number of ether oxygens (including phenoxy) is 1. The molecule has 4 nitrogen and oxygen atoms in total. The first-order chi connectivity index (χ1) is 12.6. The molecule has 0 bridgehead atoms. The molecule has 1 saturated heterocycles. The van der Waals surface area contributed by atoms with E-state index in [-0.39, 0.29) is 5.91 Å². The average molecular weight is 378 g/mol. The van der Waals surface area contributed by atoms with Crippen LogP contribution < -0.4 is 10.1 Å². The Morgan fingerprint density at radius 2 is 2.00 bits per heavy atom. The lowest BCUT2D eigenvalue weighted by Gasteiger charge is -2.10. The van der Waals surface area contributed by atoms with Gasteiger partial charge in [-0.15, -0.1) is 0 Å². The van der Waals surface area contributed by atoms with Crippen LogP contribution in [0.2, 0.25) is 0 Å². The van der Waals surface area contributed by atoms with E-state index in [9.17, 15) is 4.79 Å². The van der Waals surface area contributed by atoms with Crippen molar-refractivity contribution in [1.29, 1.82) is 0 Å². The molecule has 1 aromatic heterocycles. The van der Waals surface area contributed by atoms with Gasteiger partial charge in [-0.05, 0) is 35.9 Å². The number of thioether (sulfide) groups is 1. The van der Waals surface area contributed by atoms with Gasteiger partial charge < -0.3 is 10.1 Å². The van der Waals surface area contributed by atoms with Crippen molar-refractivity contribution in [2.24, 2.45) is 0 Å². The third kappa shape index (κ3) is 3.21. The maximum Gasteiger partial charge on any atom is 0.263 e. The molecule has 1 aliphatic heterocycles. The number of rotatable bonds is 3. The molecular weight excluding hydrogens is 364 g/mol. The number of aromatic nitrogens is 1. The first kappa shape index (κ1) is 16.8. The number of hydrogen-bond acceptors (Lipinski definition) is 5. The minimum atomic E-state index is -0.166. The van der Waals surface area contributed by atoms with Gasteiger partial charge in [-0.3, -0.25) is 4.79 Å². The minimum absolute atomic E-state index is 0.166. The molecule has 0 atom stereocenters. The summed E-state index contributed by atoms with van der Waals surface area (Å²) < 4.78 is 5.99. The van der Waals surface area contributed by atoms with Gasteiger partial charge in [0.2, 0.25) is 0 Å². The Bertz CT molecular complexity index is 1080. The molecule has 4 rings (SSSR count). The number of benzene rings is 2. The fourth-order valence-corrected chi connectivity index (χ4v) is 3.85. The van der Waals surface area contributed by atoms with Crippen LogP contribution in [-0.2, 0) is 4.79 Å². The molecule has 26 heavy (non-hydrogen) atoms. The van der Waals surface area contributed by atoms with Crippen molar-refractivity contribution in [3.05, 3.63) is 65.1 Å². The van der Waals surface area contributed by atoms with Crippen molar-refractivity contribution in [2.45, 2.75) is 0 Å². The highest BCUT2D eigenvalue weighted by Crippen LogP contribution is 2.33. The zero-order valence-corrected chi connectivity index (χ0v) is 15.5. The highest BCUT2D eigenvalue weighted by molar-refractivity contribution is 8.26. The van der Waals surface area contributed by atoms with E-state index >= 15 is 0 Å². The first-order valence-corrected chi connectivity index (χ1v) is 9.15. The van der Waals surface area contributed by atoms with E-state index in [4.69, 9.17) is 21.9 Å². The van der Waals surface area contributed by atoms with Crippen LogP contribution in [0.1, 0.15) is 5.56 Å². The summed E-state index contributed by atoms with van der Waals surface area (Å²) in [6.07, 6.45) is 1.82. The second kappa shape index (κ2) is 6.90. The lowest BCUT2D eigenvalue weighted by molar-refractivity contribution is -0.115. The number of pyridine rings is 1. The summed E-state index contributed by atoms with van der Waals surface area (Å²) in [5, 5.41) is 3.71. The molecule has 128 valence electrons. The summed E-state index contributed by atoms with van der Waals surface area (Å²) in [6.45, 7) is 0. The van der Waals surface area contributed by atoms with E-state index in [1.54, 1.807) is 7.11 Å². The maximum atomic E-state index is 11.9. The van der Waals surface area contributed by atoms with Crippen molar-refractivity contribution in [2.75, 3.05) is 7.11 Å². The van der Waals surface area contributed by atoms with Crippen LogP contribution in [0.4, 0.5) is 0 Å². The second-order valence-corrected chi connectivity index (χ2v) is 7.42. The van der Waals surface area contributed by atoms with Crippen LogP contribution >= 0.6 is 24.0 Å². The summed E-state index contributed by atoms with van der Waals surface area (Å²) in [5.41, 5.74) is 3.50. The Balaban J connectivity index is 1.80. The fourth-order valence-electron chi connectivity index (χ4n) is 2.80. The van der Waals surface area contributed by atoms with Crippen molar-refractivity contribution in [1.82, 2.24) is 10.3 Å². The maximum absolute atomic E-state index is 11.9. The third-order valence-corrected chi connectivity index (χ3v) is 5.20. The molecule has 6 heteroatoms. The lowest BCUT2D eigenvalue weighted by Crippen LogP contribution is -2.17. The number of nitrogens with one attached hydrogen (secondary N) is 1. The summed E-state index contributed by atoms with van der Waals surface area (Å²) in [4.78, 5) is 17.2. The Hall–Kier alpha value is -2.70. The van der Waals surface area contributed by atoms with Gasteiger partial charge in [-0.1, -0.05) is 54.3 Å². The van der Waals surface area contributed by atoms with Gasteiger partial charge in [0.05, 0.1) is 23.2 Å².